The summed E-state index contributed by atoms with van der Waals surface area (Å²) in [5.41, 5.74) is 2.18. The van der Waals surface area contributed by atoms with Gasteiger partial charge in [-0.05, 0) is 68.1 Å². The van der Waals surface area contributed by atoms with E-state index in [0.29, 0.717) is 35.8 Å². The summed E-state index contributed by atoms with van der Waals surface area (Å²) in [6.45, 7) is 4.02. The molecule has 2 amide bonds. The number of hydrogen-bond donors (Lipinski definition) is 1. The molecule has 8 nitrogen and oxygen atoms in total. The molecule has 0 spiro atoms. The average Bonchev–Trinajstić information content (AvgIpc) is 3.26. The summed E-state index contributed by atoms with van der Waals surface area (Å²) >= 11 is 6.08. The largest absolute Gasteiger partial charge is 0.496 e. The molecule has 0 aliphatic carbocycles. The number of hydrogen-bond acceptors (Lipinski definition) is 5. The smallest absolute Gasteiger partial charge is 0.258 e. The van der Waals surface area contributed by atoms with Crippen LogP contribution in [0.4, 0.5) is 5.69 Å². The third kappa shape index (κ3) is 5.00. The first-order valence-corrected chi connectivity index (χ1v) is 12.3. The van der Waals surface area contributed by atoms with Gasteiger partial charge in [0.2, 0.25) is 15.9 Å². The lowest BCUT2D eigenvalue weighted by molar-refractivity contribution is -0.119. The van der Waals surface area contributed by atoms with Crippen LogP contribution in [-0.2, 0) is 14.8 Å². The third-order valence-electron chi connectivity index (χ3n) is 5.89. The Bertz CT molecular complexity index is 1200. The molecule has 1 unspecified atom stereocenters. The zero-order chi connectivity index (χ0) is 24.5. The SMILES string of the molecule is COc1ccc(Cl)cc1C(=O)N1CCCC1C(=O)Nc1cc(S(=O)(=O)N(C)C)cc(C)c1C. The molecule has 10 heteroatoms. The predicted molar refractivity (Wildman–Crippen MR) is 127 cm³/mol. The predicted octanol–water partition coefficient (Wildman–Crippen LogP) is 3.46. The number of benzene rings is 2. The Morgan fingerprint density at radius 2 is 1.88 bits per heavy atom. The standard InChI is InChI=1S/C23H28ClN3O5S/c1-14-11-17(33(30,31)26(3)4)13-19(15(14)2)25-22(28)20-7-6-10-27(20)23(29)18-12-16(24)8-9-21(18)32-5/h8-9,11-13,20H,6-7,10H2,1-5H3,(H,25,28). The number of halogens is 1. The van der Waals surface area contributed by atoms with Gasteiger partial charge in [0, 0.05) is 31.4 Å². The van der Waals surface area contributed by atoms with Gasteiger partial charge in [-0.25, -0.2) is 12.7 Å². The summed E-state index contributed by atoms with van der Waals surface area (Å²) in [7, 11) is 0.699. The van der Waals surface area contributed by atoms with Crippen molar-refractivity contribution in [3.05, 3.63) is 52.0 Å². The number of ether oxygens (including phenoxy) is 1. The van der Waals surface area contributed by atoms with E-state index in [-0.39, 0.29) is 22.3 Å². The van der Waals surface area contributed by atoms with Crippen LogP contribution in [0.2, 0.25) is 5.02 Å². The van der Waals surface area contributed by atoms with Crippen LogP contribution in [0.15, 0.2) is 35.2 Å². The van der Waals surface area contributed by atoms with Crippen LogP contribution in [0.5, 0.6) is 5.75 Å². The molecule has 33 heavy (non-hydrogen) atoms. The van der Waals surface area contributed by atoms with Crippen molar-refractivity contribution in [2.75, 3.05) is 33.1 Å². The maximum atomic E-state index is 13.3. The first-order valence-electron chi connectivity index (χ1n) is 10.5. The van der Waals surface area contributed by atoms with E-state index in [1.807, 2.05) is 6.92 Å². The zero-order valence-corrected chi connectivity index (χ0v) is 20.9. The highest BCUT2D eigenvalue weighted by atomic mass is 35.5. The van der Waals surface area contributed by atoms with Gasteiger partial charge < -0.3 is 15.0 Å². The summed E-state index contributed by atoms with van der Waals surface area (Å²) in [5, 5.41) is 3.24. The second-order valence-electron chi connectivity index (χ2n) is 8.19. The molecule has 1 atom stereocenters. The molecule has 1 N–H and O–H groups in total. The fraction of sp³-hybridized carbons (Fsp3) is 0.391. The van der Waals surface area contributed by atoms with Crippen molar-refractivity contribution in [2.24, 2.45) is 0 Å². The highest BCUT2D eigenvalue weighted by Gasteiger charge is 2.36. The molecular formula is C23H28ClN3O5S. The molecule has 178 valence electrons. The third-order valence-corrected chi connectivity index (χ3v) is 7.91. The van der Waals surface area contributed by atoms with Crippen molar-refractivity contribution in [3.63, 3.8) is 0 Å². The number of methoxy groups -OCH3 is 1. The Labute approximate surface area is 199 Å². The summed E-state index contributed by atoms with van der Waals surface area (Å²) in [6, 6.07) is 7.11. The molecule has 0 bridgehead atoms. The highest BCUT2D eigenvalue weighted by Crippen LogP contribution is 2.30. The molecule has 0 radical (unpaired) electrons. The molecule has 1 aliphatic heterocycles. The number of aryl methyl sites for hydroxylation is 1. The second-order valence-corrected chi connectivity index (χ2v) is 10.8. The van der Waals surface area contributed by atoms with E-state index in [2.05, 4.69) is 5.32 Å². The summed E-state index contributed by atoms with van der Waals surface area (Å²) < 4.78 is 31.6. The van der Waals surface area contributed by atoms with Crippen molar-refractivity contribution in [2.45, 2.75) is 37.6 Å². The van der Waals surface area contributed by atoms with Crippen molar-refractivity contribution in [1.82, 2.24) is 9.21 Å². The van der Waals surface area contributed by atoms with Gasteiger partial charge in [-0.2, -0.15) is 0 Å². The summed E-state index contributed by atoms with van der Waals surface area (Å²) in [4.78, 5) is 28.1. The van der Waals surface area contributed by atoms with E-state index in [1.54, 1.807) is 25.1 Å². The van der Waals surface area contributed by atoms with E-state index in [1.165, 1.54) is 38.2 Å². The quantitative estimate of drug-likeness (QED) is 0.664. The minimum Gasteiger partial charge on any atom is -0.496 e. The van der Waals surface area contributed by atoms with Crippen LogP contribution >= 0.6 is 11.6 Å². The van der Waals surface area contributed by atoms with Crippen LogP contribution in [0.25, 0.3) is 0 Å². The Morgan fingerprint density at radius 3 is 2.52 bits per heavy atom. The molecular weight excluding hydrogens is 466 g/mol. The number of amides is 2. The maximum absolute atomic E-state index is 13.3. The van der Waals surface area contributed by atoms with E-state index >= 15 is 0 Å². The lowest BCUT2D eigenvalue weighted by Gasteiger charge is -2.25. The Balaban J connectivity index is 1.90. The monoisotopic (exact) mass is 493 g/mol. The van der Waals surface area contributed by atoms with Crippen LogP contribution in [0, 0.1) is 13.8 Å². The molecule has 1 saturated heterocycles. The number of carbonyl (C=O) groups excluding carboxylic acids is 2. The van der Waals surface area contributed by atoms with Gasteiger partial charge in [-0.15, -0.1) is 0 Å². The van der Waals surface area contributed by atoms with E-state index in [4.69, 9.17) is 16.3 Å². The maximum Gasteiger partial charge on any atom is 0.258 e. The summed E-state index contributed by atoms with van der Waals surface area (Å²) in [5.74, 6) is -0.337. The van der Waals surface area contributed by atoms with E-state index in [9.17, 15) is 18.0 Å². The number of carbonyl (C=O) groups is 2. The average molecular weight is 494 g/mol. The fourth-order valence-electron chi connectivity index (χ4n) is 3.82. The lowest BCUT2D eigenvalue weighted by Crippen LogP contribution is -2.43. The molecule has 3 rings (SSSR count). The molecule has 2 aromatic carbocycles. The van der Waals surface area contributed by atoms with E-state index in [0.717, 1.165) is 15.4 Å². The first-order chi connectivity index (χ1) is 15.5. The summed E-state index contributed by atoms with van der Waals surface area (Å²) in [6.07, 6.45) is 1.16. The van der Waals surface area contributed by atoms with Gasteiger partial charge in [0.05, 0.1) is 17.6 Å². The van der Waals surface area contributed by atoms with Crippen molar-refractivity contribution >= 4 is 39.1 Å². The van der Waals surface area contributed by atoms with Gasteiger partial charge >= 0.3 is 0 Å². The fourth-order valence-corrected chi connectivity index (χ4v) is 5.00. The molecule has 1 aliphatic rings. The van der Waals surface area contributed by atoms with Crippen molar-refractivity contribution < 1.29 is 22.7 Å². The van der Waals surface area contributed by atoms with Gasteiger partial charge in [0.1, 0.15) is 11.8 Å². The highest BCUT2D eigenvalue weighted by molar-refractivity contribution is 7.89. The van der Waals surface area contributed by atoms with Crippen molar-refractivity contribution in [3.8, 4) is 5.75 Å². The Hall–Kier alpha value is -2.62. The van der Waals surface area contributed by atoms with Gasteiger partial charge in [-0.3, -0.25) is 9.59 Å². The second kappa shape index (κ2) is 9.70. The molecule has 0 saturated carbocycles. The Kier molecular flexibility index (Phi) is 7.36. The number of rotatable bonds is 6. The van der Waals surface area contributed by atoms with Gasteiger partial charge in [0.15, 0.2) is 0 Å². The number of likely N-dealkylation sites (tertiary alicyclic amines) is 1. The first kappa shape index (κ1) is 25.0. The number of nitrogens with zero attached hydrogens (tertiary/aromatic N) is 2. The minimum atomic E-state index is -3.67. The molecule has 0 aromatic heterocycles. The number of sulfonamides is 1. The van der Waals surface area contributed by atoms with E-state index < -0.39 is 16.1 Å². The lowest BCUT2D eigenvalue weighted by atomic mass is 10.1. The van der Waals surface area contributed by atoms with Gasteiger partial charge in [-0.1, -0.05) is 11.6 Å². The van der Waals surface area contributed by atoms with Crippen molar-refractivity contribution in [1.29, 1.82) is 0 Å². The van der Waals surface area contributed by atoms with Gasteiger partial charge in [0.25, 0.3) is 5.91 Å². The van der Waals surface area contributed by atoms with Crippen LogP contribution in [-0.4, -0.2) is 63.2 Å². The zero-order valence-electron chi connectivity index (χ0n) is 19.3. The minimum absolute atomic E-state index is 0.0916. The molecule has 2 aromatic rings. The Morgan fingerprint density at radius 1 is 1.18 bits per heavy atom. The molecule has 1 fully saturated rings. The normalized spacial score (nSPS) is 16.2. The topological polar surface area (TPSA) is 96.0 Å². The molecule has 1 heterocycles. The van der Waals surface area contributed by atoms with Crippen LogP contribution in [0.1, 0.15) is 34.3 Å². The number of nitrogens with one attached hydrogen (secondary N) is 1. The van der Waals surface area contributed by atoms with Crippen LogP contribution in [0.3, 0.4) is 0 Å². The van der Waals surface area contributed by atoms with Crippen LogP contribution < -0.4 is 10.1 Å². The number of anilines is 1.